The highest BCUT2D eigenvalue weighted by Gasteiger charge is 2.19. The number of aromatic amines is 1. The van der Waals surface area contributed by atoms with Crippen LogP contribution in [0.25, 0.3) is 0 Å². The average Bonchev–Trinajstić information content (AvgIpc) is 3.10. The molecule has 5 nitrogen and oxygen atoms in total. The smallest absolute Gasteiger partial charge is 0.232 e. The van der Waals surface area contributed by atoms with E-state index in [1.807, 2.05) is 13.0 Å². The second-order valence-electron chi connectivity index (χ2n) is 5.28. The molecule has 1 saturated carbocycles. The van der Waals surface area contributed by atoms with Gasteiger partial charge in [0.1, 0.15) is 5.01 Å². The molecule has 0 atom stereocenters. The maximum absolute atomic E-state index is 11.9. The molecule has 2 N–H and O–H groups in total. The van der Waals surface area contributed by atoms with Crippen molar-refractivity contribution in [3.8, 4) is 0 Å². The van der Waals surface area contributed by atoms with Gasteiger partial charge < -0.3 is 5.32 Å². The van der Waals surface area contributed by atoms with E-state index in [1.54, 1.807) is 17.5 Å². The Bertz CT molecular complexity index is 598. The van der Waals surface area contributed by atoms with Gasteiger partial charge in [0.15, 0.2) is 5.82 Å². The van der Waals surface area contributed by atoms with Gasteiger partial charge in [-0.25, -0.2) is 4.98 Å². The molecular weight excluding hydrogens is 272 g/mol. The number of nitrogens with zero attached hydrogens (tertiary/aromatic N) is 2. The number of anilines is 1. The third kappa shape index (κ3) is 3.07. The maximum atomic E-state index is 11.9. The Morgan fingerprint density at radius 3 is 3.00 bits per heavy atom. The lowest BCUT2D eigenvalue weighted by Crippen LogP contribution is -2.14. The van der Waals surface area contributed by atoms with Crippen molar-refractivity contribution in [1.29, 1.82) is 0 Å². The lowest BCUT2D eigenvalue weighted by Gasteiger charge is -2.03. The number of carbonyl (C=O) groups excluding carboxylic acids is 1. The fourth-order valence-electron chi connectivity index (χ4n) is 2.65. The highest BCUT2D eigenvalue weighted by Crippen LogP contribution is 2.33. The van der Waals surface area contributed by atoms with Crippen LogP contribution in [-0.4, -0.2) is 21.1 Å². The summed E-state index contributed by atoms with van der Waals surface area (Å²) in [5, 5.41) is 10.9. The van der Waals surface area contributed by atoms with Gasteiger partial charge in [-0.1, -0.05) is 12.8 Å². The predicted octanol–water partition coefficient (Wildman–Crippen LogP) is 3.01. The first-order valence-electron chi connectivity index (χ1n) is 6.97. The molecule has 0 aromatic carbocycles. The van der Waals surface area contributed by atoms with Gasteiger partial charge in [0.2, 0.25) is 5.91 Å². The van der Waals surface area contributed by atoms with E-state index in [-0.39, 0.29) is 5.91 Å². The van der Waals surface area contributed by atoms with E-state index in [1.165, 1.54) is 25.7 Å². The molecule has 2 heterocycles. The number of nitrogens with one attached hydrogen (secondary N) is 2. The van der Waals surface area contributed by atoms with Crippen LogP contribution in [-0.2, 0) is 11.2 Å². The summed E-state index contributed by atoms with van der Waals surface area (Å²) in [6, 6.07) is 1.96. The Hall–Kier alpha value is -1.69. The summed E-state index contributed by atoms with van der Waals surface area (Å²) in [7, 11) is 0. The summed E-state index contributed by atoms with van der Waals surface area (Å²) >= 11 is 1.55. The highest BCUT2D eigenvalue weighted by atomic mass is 32.1. The molecule has 0 radical (unpaired) electrons. The topological polar surface area (TPSA) is 70.7 Å². The first kappa shape index (κ1) is 13.3. The second-order valence-corrected chi connectivity index (χ2v) is 6.60. The molecule has 1 amide bonds. The number of aromatic nitrogens is 3. The van der Waals surface area contributed by atoms with Crippen LogP contribution in [0.4, 0.5) is 5.82 Å². The lowest BCUT2D eigenvalue weighted by atomic mass is 10.0. The number of hydrogen-bond acceptors (Lipinski definition) is 4. The van der Waals surface area contributed by atoms with E-state index < -0.39 is 0 Å². The van der Waals surface area contributed by atoms with Crippen molar-refractivity contribution in [2.75, 3.05) is 5.32 Å². The largest absolute Gasteiger partial charge is 0.309 e. The minimum absolute atomic E-state index is 0.0659. The molecular formula is C14H18N4OS. The van der Waals surface area contributed by atoms with E-state index in [9.17, 15) is 4.79 Å². The molecule has 2 aromatic heterocycles. The molecule has 0 saturated heterocycles. The molecule has 6 heteroatoms. The quantitative estimate of drug-likeness (QED) is 0.909. The minimum atomic E-state index is -0.0659. The number of H-pyrrole nitrogens is 1. The Morgan fingerprint density at radius 1 is 1.50 bits per heavy atom. The van der Waals surface area contributed by atoms with Gasteiger partial charge in [-0.05, 0) is 19.8 Å². The van der Waals surface area contributed by atoms with E-state index in [4.69, 9.17) is 0 Å². The molecule has 1 aliphatic carbocycles. The fraction of sp³-hybridized carbons (Fsp3) is 0.500. The second kappa shape index (κ2) is 5.75. The Labute approximate surface area is 121 Å². The normalized spacial score (nSPS) is 15.7. The first-order chi connectivity index (χ1) is 9.70. The minimum Gasteiger partial charge on any atom is -0.309 e. The molecule has 1 fully saturated rings. The molecule has 0 unspecified atom stereocenters. The highest BCUT2D eigenvalue weighted by molar-refractivity contribution is 7.11. The van der Waals surface area contributed by atoms with Crippen molar-refractivity contribution in [1.82, 2.24) is 15.2 Å². The number of aryl methyl sites for hydroxylation is 1. The maximum Gasteiger partial charge on any atom is 0.232 e. The summed E-state index contributed by atoms with van der Waals surface area (Å²) < 4.78 is 0. The number of rotatable bonds is 4. The Balaban J connectivity index is 1.58. The average molecular weight is 290 g/mol. The van der Waals surface area contributed by atoms with Gasteiger partial charge in [-0.15, -0.1) is 11.3 Å². The van der Waals surface area contributed by atoms with Crippen LogP contribution in [0.1, 0.15) is 47.2 Å². The summed E-state index contributed by atoms with van der Waals surface area (Å²) in [5.41, 5.74) is 1.14. The van der Waals surface area contributed by atoms with Crippen LogP contribution in [0, 0.1) is 6.92 Å². The van der Waals surface area contributed by atoms with Crippen LogP contribution in [0.3, 0.4) is 0 Å². The van der Waals surface area contributed by atoms with Crippen molar-refractivity contribution >= 4 is 23.1 Å². The molecule has 2 aromatic rings. The molecule has 0 bridgehead atoms. The number of hydrogen-bond donors (Lipinski definition) is 2. The van der Waals surface area contributed by atoms with Crippen molar-refractivity contribution in [2.45, 2.75) is 44.9 Å². The zero-order valence-corrected chi connectivity index (χ0v) is 12.3. The lowest BCUT2D eigenvalue weighted by molar-refractivity contribution is -0.115. The number of thiazole rings is 1. The van der Waals surface area contributed by atoms with Gasteiger partial charge >= 0.3 is 0 Å². The fourth-order valence-corrected chi connectivity index (χ4v) is 3.44. The number of carbonyl (C=O) groups is 1. The standard InChI is InChI=1S/C14H18N4OS/c1-9-8-15-14(20-9)7-13(19)16-12-6-11(17-18-12)10-4-2-3-5-10/h6,8,10H,2-5,7H2,1H3,(H2,16,17,18,19). The summed E-state index contributed by atoms with van der Waals surface area (Å²) in [6.45, 7) is 1.99. The first-order valence-corrected chi connectivity index (χ1v) is 7.79. The molecule has 3 rings (SSSR count). The molecule has 0 aliphatic heterocycles. The molecule has 20 heavy (non-hydrogen) atoms. The van der Waals surface area contributed by atoms with E-state index in [2.05, 4.69) is 20.5 Å². The van der Waals surface area contributed by atoms with Gasteiger partial charge in [0.25, 0.3) is 0 Å². The van der Waals surface area contributed by atoms with Gasteiger partial charge in [0, 0.05) is 28.8 Å². The van der Waals surface area contributed by atoms with E-state index in [0.29, 0.717) is 18.2 Å². The third-order valence-electron chi connectivity index (χ3n) is 3.64. The van der Waals surface area contributed by atoms with Crippen molar-refractivity contribution < 1.29 is 4.79 Å². The zero-order chi connectivity index (χ0) is 13.9. The summed E-state index contributed by atoms with van der Waals surface area (Å²) in [6.07, 6.45) is 7.11. The van der Waals surface area contributed by atoms with Crippen molar-refractivity contribution in [3.05, 3.63) is 27.8 Å². The monoisotopic (exact) mass is 290 g/mol. The van der Waals surface area contributed by atoms with Crippen LogP contribution in [0.15, 0.2) is 12.3 Å². The Kier molecular flexibility index (Phi) is 3.82. The van der Waals surface area contributed by atoms with E-state index >= 15 is 0 Å². The molecule has 106 valence electrons. The zero-order valence-electron chi connectivity index (χ0n) is 11.5. The van der Waals surface area contributed by atoms with Crippen LogP contribution >= 0.6 is 11.3 Å². The van der Waals surface area contributed by atoms with Gasteiger partial charge in [-0.2, -0.15) is 5.10 Å². The summed E-state index contributed by atoms with van der Waals surface area (Å²) in [5.74, 6) is 1.13. The third-order valence-corrected chi connectivity index (χ3v) is 4.55. The van der Waals surface area contributed by atoms with Crippen molar-refractivity contribution in [3.63, 3.8) is 0 Å². The predicted molar refractivity (Wildman–Crippen MR) is 79.0 cm³/mol. The molecule has 0 spiro atoms. The van der Waals surface area contributed by atoms with Crippen molar-refractivity contribution in [2.24, 2.45) is 0 Å². The summed E-state index contributed by atoms with van der Waals surface area (Å²) in [4.78, 5) is 17.2. The van der Waals surface area contributed by atoms with Gasteiger partial charge in [0.05, 0.1) is 6.42 Å². The van der Waals surface area contributed by atoms with Crippen LogP contribution < -0.4 is 5.32 Å². The van der Waals surface area contributed by atoms with E-state index in [0.717, 1.165) is 15.6 Å². The van der Waals surface area contributed by atoms with Gasteiger partial charge in [-0.3, -0.25) is 9.89 Å². The number of amides is 1. The van der Waals surface area contributed by atoms with Crippen LogP contribution in [0.2, 0.25) is 0 Å². The van der Waals surface area contributed by atoms with Crippen LogP contribution in [0.5, 0.6) is 0 Å². The SMILES string of the molecule is Cc1cnc(CC(=O)Nc2cc(C3CCCC3)[nH]n2)s1. The molecule has 1 aliphatic rings. The Morgan fingerprint density at radius 2 is 2.30 bits per heavy atom.